The van der Waals surface area contributed by atoms with E-state index < -0.39 is 0 Å². The highest BCUT2D eigenvalue weighted by atomic mass is 16.5. The molecule has 0 aromatic rings. The molecule has 0 aliphatic rings. The van der Waals surface area contributed by atoms with Crippen LogP contribution in [0, 0.1) is 5.92 Å². The van der Waals surface area contributed by atoms with Gasteiger partial charge in [-0.15, -0.1) is 0 Å². The molecule has 18 heavy (non-hydrogen) atoms. The summed E-state index contributed by atoms with van der Waals surface area (Å²) in [6.45, 7) is 9.45. The van der Waals surface area contributed by atoms with Crippen molar-refractivity contribution in [3.8, 4) is 0 Å². The fourth-order valence-electron chi connectivity index (χ4n) is 1.87. The van der Waals surface area contributed by atoms with E-state index in [-0.39, 0.29) is 18.1 Å². The zero-order valence-corrected chi connectivity index (χ0v) is 12.6. The zero-order valence-electron chi connectivity index (χ0n) is 12.6. The first-order valence-electron chi connectivity index (χ1n) is 7.06. The third kappa shape index (κ3) is 6.36. The summed E-state index contributed by atoms with van der Waals surface area (Å²) in [7, 11) is 1.98. The molecule has 0 rings (SSSR count). The average Bonchev–Trinajstić information content (AvgIpc) is 2.32. The lowest BCUT2D eigenvalue weighted by Gasteiger charge is -2.27. The van der Waals surface area contributed by atoms with Crippen LogP contribution in [0.4, 0.5) is 0 Å². The van der Waals surface area contributed by atoms with E-state index in [2.05, 4.69) is 25.7 Å². The van der Waals surface area contributed by atoms with Gasteiger partial charge in [-0.1, -0.05) is 27.2 Å². The minimum Gasteiger partial charge on any atom is -0.465 e. The Labute approximate surface area is 112 Å². The summed E-state index contributed by atoms with van der Waals surface area (Å²) < 4.78 is 5.12. The number of ether oxygens (including phenoxy) is 1. The lowest BCUT2D eigenvalue weighted by molar-refractivity contribution is -0.149. The van der Waals surface area contributed by atoms with Crippen molar-refractivity contribution in [2.24, 2.45) is 11.7 Å². The molecule has 0 heterocycles. The molecular weight excluding hydrogens is 228 g/mol. The van der Waals surface area contributed by atoms with Crippen molar-refractivity contribution in [3.05, 3.63) is 0 Å². The second-order valence-corrected chi connectivity index (χ2v) is 5.23. The van der Waals surface area contributed by atoms with E-state index in [0.29, 0.717) is 12.5 Å². The molecule has 2 atom stereocenters. The van der Waals surface area contributed by atoms with Crippen LogP contribution in [0.3, 0.4) is 0 Å². The Bertz CT molecular complexity index is 232. The maximum atomic E-state index is 11.9. The van der Waals surface area contributed by atoms with E-state index in [9.17, 15) is 4.79 Å². The smallest absolute Gasteiger partial charge is 0.323 e. The van der Waals surface area contributed by atoms with E-state index in [1.165, 1.54) is 0 Å². The lowest BCUT2D eigenvalue weighted by Crippen LogP contribution is -2.42. The van der Waals surface area contributed by atoms with Crippen LogP contribution in [0.25, 0.3) is 0 Å². The van der Waals surface area contributed by atoms with Crippen molar-refractivity contribution < 1.29 is 9.53 Å². The van der Waals surface area contributed by atoms with E-state index in [1.54, 1.807) is 0 Å². The number of hydrogen-bond donors (Lipinski definition) is 1. The number of likely N-dealkylation sites (N-methyl/N-ethyl adjacent to an activating group) is 1. The molecule has 0 fully saturated rings. The largest absolute Gasteiger partial charge is 0.465 e. The van der Waals surface area contributed by atoms with Crippen molar-refractivity contribution in [2.45, 2.75) is 59.0 Å². The molecular formula is C14H30N2O2. The standard InChI is InChI=1S/C14H30N2O2/c1-6-8-13(14(17)18-7-2)16(5)10-9-12(15)11(3)4/h11-13H,6-10,15H2,1-5H3. The highest BCUT2D eigenvalue weighted by Gasteiger charge is 2.23. The van der Waals surface area contributed by atoms with Crippen molar-refractivity contribution in [2.75, 3.05) is 20.2 Å². The fraction of sp³-hybridized carbons (Fsp3) is 0.929. The lowest BCUT2D eigenvalue weighted by atomic mass is 10.0. The van der Waals surface area contributed by atoms with Gasteiger partial charge in [0.25, 0.3) is 0 Å². The Kier molecular flexibility index (Phi) is 9.02. The molecule has 2 N–H and O–H groups in total. The van der Waals surface area contributed by atoms with Gasteiger partial charge in [0.15, 0.2) is 0 Å². The van der Waals surface area contributed by atoms with Crippen LogP contribution in [-0.2, 0) is 9.53 Å². The summed E-state index contributed by atoms with van der Waals surface area (Å²) in [5.74, 6) is 0.366. The Morgan fingerprint density at radius 2 is 1.89 bits per heavy atom. The zero-order chi connectivity index (χ0) is 14.1. The van der Waals surface area contributed by atoms with Crippen molar-refractivity contribution in [1.82, 2.24) is 4.90 Å². The maximum Gasteiger partial charge on any atom is 0.323 e. The molecule has 0 aromatic heterocycles. The summed E-state index contributed by atoms with van der Waals surface area (Å²) in [4.78, 5) is 13.9. The maximum absolute atomic E-state index is 11.9. The Hall–Kier alpha value is -0.610. The van der Waals surface area contributed by atoms with Gasteiger partial charge in [-0.05, 0) is 32.7 Å². The number of esters is 1. The van der Waals surface area contributed by atoms with Crippen molar-refractivity contribution >= 4 is 5.97 Å². The predicted octanol–water partition coefficient (Wildman–Crippen LogP) is 2.02. The van der Waals surface area contributed by atoms with Gasteiger partial charge in [0.2, 0.25) is 0 Å². The van der Waals surface area contributed by atoms with Gasteiger partial charge in [-0.25, -0.2) is 0 Å². The van der Waals surface area contributed by atoms with Gasteiger partial charge in [0.05, 0.1) is 6.61 Å². The summed E-state index contributed by atoms with van der Waals surface area (Å²) in [5.41, 5.74) is 6.03. The van der Waals surface area contributed by atoms with E-state index in [1.807, 2.05) is 14.0 Å². The highest BCUT2D eigenvalue weighted by molar-refractivity contribution is 5.75. The molecule has 108 valence electrons. The SMILES string of the molecule is CCCC(C(=O)OCC)N(C)CCC(N)C(C)C. The van der Waals surface area contributed by atoms with Crippen LogP contribution in [-0.4, -0.2) is 43.2 Å². The van der Waals surface area contributed by atoms with Crippen LogP contribution in [0.1, 0.15) is 47.0 Å². The van der Waals surface area contributed by atoms with Crippen LogP contribution in [0.2, 0.25) is 0 Å². The molecule has 0 radical (unpaired) electrons. The van der Waals surface area contributed by atoms with E-state index in [4.69, 9.17) is 10.5 Å². The minimum absolute atomic E-state index is 0.111. The first-order chi connectivity index (χ1) is 8.43. The molecule has 4 nitrogen and oxygen atoms in total. The highest BCUT2D eigenvalue weighted by Crippen LogP contribution is 2.10. The van der Waals surface area contributed by atoms with Gasteiger partial charge in [-0.3, -0.25) is 9.69 Å². The minimum atomic E-state index is -0.130. The van der Waals surface area contributed by atoms with Gasteiger partial charge < -0.3 is 10.5 Å². The topological polar surface area (TPSA) is 55.6 Å². The quantitative estimate of drug-likeness (QED) is 0.643. The van der Waals surface area contributed by atoms with Crippen LogP contribution in [0.5, 0.6) is 0 Å². The van der Waals surface area contributed by atoms with Crippen LogP contribution in [0.15, 0.2) is 0 Å². The monoisotopic (exact) mass is 258 g/mol. The number of nitrogens with zero attached hydrogens (tertiary/aromatic N) is 1. The molecule has 0 spiro atoms. The van der Waals surface area contributed by atoms with Gasteiger partial charge in [0.1, 0.15) is 6.04 Å². The number of hydrogen-bond acceptors (Lipinski definition) is 4. The first kappa shape index (κ1) is 17.4. The molecule has 0 aliphatic carbocycles. The van der Waals surface area contributed by atoms with E-state index in [0.717, 1.165) is 25.8 Å². The second kappa shape index (κ2) is 9.34. The Balaban J connectivity index is 4.29. The number of rotatable bonds is 9. The second-order valence-electron chi connectivity index (χ2n) is 5.23. The number of nitrogens with two attached hydrogens (primary N) is 1. The van der Waals surface area contributed by atoms with Crippen molar-refractivity contribution in [1.29, 1.82) is 0 Å². The Morgan fingerprint density at radius 1 is 1.28 bits per heavy atom. The number of carbonyl (C=O) groups is 1. The molecule has 0 bridgehead atoms. The summed E-state index contributed by atoms with van der Waals surface area (Å²) >= 11 is 0. The molecule has 0 aliphatic heterocycles. The van der Waals surface area contributed by atoms with Crippen LogP contribution >= 0.6 is 0 Å². The number of carbonyl (C=O) groups excluding carboxylic acids is 1. The molecule has 0 saturated carbocycles. The van der Waals surface area contributed by atoms with E-state index >= 15 is 0 Å². The molecule has 0 aromatic carbocycles. The van der Waals surface area contributed by atoms with Gasteiger partial charge in [-0.2, -0.15) is 0 Å². The predicted molar refractivity (Wildman–Crippen MR) is 75.4 cm³/mol. The molecule has 2 unspecified atom stereocenters. The molecule has 4 heteroatoms. The van der Waals surface area contributed by atoms with Gasteiger partial charge >= 0.3 is 5.97 Å². The molecule has 0 saturated heterocycles. The third-order valence-electron chi connectivity index (χ3n) is 3.32. The normalized spacial score (nSPS) is 14.9. The summed E-state index contributed by atoms with van der Waals surface area (Å²) in [5, 5.41) is 0. The average molecular weight is 258 g/mol. The fourth-order valence-corrected chi connectivity index (χ4v) is 1.87. The summed E-state index contributed by atoms with van der Waals surface area (Å²) in [6, 6.07) is 0.0613. The summed E-state index contributed by atoms with van der Waals surface area (Å²) in [6.07, 6.45) is 2.73. The Morgan fingerprint density at radius 3 is 2.33 bits per heavy atom. The van der Waals surface area contributed by atoms with Gasteiger partial charge in [0, 0.05) is 12.6 Å². The van der Waals surface area contributed by atoms with Crippen molar-refractivity contribution in [3.63, 3.8) is 0 Å². The molecule has 0 amide bonds. The van der Waals surface area contributed by atoms with Crippen LogP contribution < -0.4 is 5.73 Å². The first-order valence-corrected chi connectivity index (χ1v) is 7.06. The third-order valence-corrected chi connectivity index (χ3v) is 3.32.